The number of amides is 1. The number of nitro groups is 1. The van der Waals surface area contributed by atoms with Crippen LogP contribution in [0.25, 0.3) is 16.6 Å². The molecule has 2 aromatic carbocycles. The van der Waals surface area contributed by atoms with E-state index in [2.05, 4.69) is 4.90 Å². The molecule has 0 atom stereocenters. The summed E-state index contributed by atoms with van der Waals surface area (Å²) >= 11 is 0. The first-order valence-corrected chi connectivity index (χ1v) is 10.2. The number of fused-ring (bicyclic) bond motifs is 1. The lowest BCUT2D eigenvalue weighted by Crippen LogP contribution is -2.50. The van der Waals surface area contributed by atoms with Crippen molar-refractivity contribution in [2.45, 2.75) is 26.4 Å². The van der Waals surface area contributed by atoms with Crippen molar-refractivity contribution < 1.29 is 14.5 Å². The number of para-hydroxylation sites is 1. The fourth-order valence-electron chi connectivity index (χ4n) is 3.62. The van der Waals surface area contributed by atoms with Crippen molar-refractivity contribution in [2.75, 3.05) is 31.1 Å². The Labute approximate surface area is 180 Å². The highest BCUT2D eigenvalue weighted by atomic mass is 16.6. The normalized spacial score (nSPS) is 14.7. The van der Waals surface area contributed by atoms with E-state index in [1.807, 2.05) is 45.0 Å². The van der Waals surface area contributed by atoms with E-state index in [1.165, 1.54) is 12.1 Å². The number of benzene rings is 2. The molecule has 1 aromatic heterocycles. The molecule has 0 aliphatic carbocycles. The zero-order valence-corrected chi connectivity index (χ0v) is 17.8. The van der Waals surface area contributed by atoms with E-state index >= 15 is 0 Å². The molecule has 1 amide bonds. The third-order valence-corrected chi connectivity index (χ3v) is 5.10. The van der Waals surface area contributed by atoms with Crippen molar-refractivity contribution in [2.24, 2.45) is 0 Å². The van der Waals surface area contributed by atoms with Gasteiger partial charge in [0.05, 0.1) is 16.1 Å². The van der Waals surface area contributed by atoms with E-state index in [-0.39, 0.29) is 11.8 Å². The molecular weight excluding hydrogens is 398 g/mol. The summed E-state index contributed by atoms with van der Waals surface area (Å²) in [6.07, 6.45) is -0.298. The van der Waals surface area contributed by atoms with Crippen LogP contribution < -0.4 is 4.90 Å². The van der Waals surface area contributed by atoms with Crippen LogP contribution >= 0.6 is 0 Å². The average molecular weight is 423 g/mol. The number of nitro benzene ring substituents is 1. The molecule has 0 spiro atoms. The largest absolute Gasteiger partial charge is 0.444 e. The molecule has 31 heavy (non-hydrogen) atoms. The highest BCUT2D eigenvalue weighted by Crippen LogP contribution is 2.29. The number of piperazine rings is 1. The highest BCUT2D eigenvalue weighted by molar-refractivity contribution is 5.92. The molecule has 3 aromatic rings. The van der Waals surface area contributed by atoms with Crippen LogP contribution in [0.4, 0.5) is 16.3 Å². The van der Waals surface area contributed by atoms with Gasteiger partial charge in [-0.05, 0) is 45.0 Å². The monoisotopic (exact) mass is 423 g/mol. The van der Waals surface area contributed by atoms with Crippen LogP contribution in [0.15, 0.2) is 48.5 Å². The first-order chi connectivity index (χ1) is 14.7. The molecule has 162 valence electrons. The van der Waals surface area contributed by atoms with Crippen LogP contribution in [0.1, 0.15) is 20.8 Å². The van der Waals surface area contributed by atoms with Crippen LogP contribution in [0.2, 0.25) is 0 Å². The Bertz CT molecular complexity index is 1110. The van der Waals surface area contributed by atoms with Crippen molar-refractivity contribution in [1.29, 1.82) is 0 Å². The topological polar surface area (TPSA) is 93.7 Å². The molecular formula is C22H25N5O4. The Morgan fingerprint density at radius 3 is 2.29 bits per heavy atom. The molecule has 1 fully saturated rings. The standard InChI is InChI=1S/C22H25N5O4/c1-22(2,3)31-21(28)25-14-12-24(13-15-25)20-18-6-4-5-7-19(18)26(23-20)16-8-10-17(11-9-16)27(29)30/h4-11H,12-15H2,1-3H3. The van der Waals surface area contributed by atoms with E-state index in [0.717, 1.165) is 22.4 Å². The van der Waals surface area contributed by atoms with Gasteiger partial charge < -0.3 is 14.5 Å². The van der Waals surface area contributed by atoms with Gasteiger partial charge in [-0.3, -0.25) is 10.1 Å². The second-order valence-corrected chi connectivity index (χ2v) is 8.48. The minimum absolute atomic E-state index is 0.0405. The van der Waals surface area contributed by atoms with Gasteiger partial charge in [-0.15, -0.1) is 5.10 Å². The first kappa shape index (κ1) is 20.6. The van der Waals surface area contributed by atoms with E-state index in [0.29, 0.717) is 26.2 Å². The number of hydrogen-bond acceptors (Lipinski definition) is 6. The zero-order chi connectivity index (χ0) is 22.2. The summed E-state index contributed by atoms with van der Waals surface area (Å²) in [5.74, 6) is 0.831. The van der Waals surface area contributed by atoms with Crippen LogP contribution in [-0.2, 0) is 4.74 Å². The number of anilines is 1. The van der Waals surface area contributed by atoms with E-state index in [9.17, 15) is 14.9 Å². The molecule has 4 rings (SSSR count). The molecule has 0 radical (unpaired) electrons. The fourth-order valence-corrected chi connectivity index (χ4v) is 3.62. The number of carbonyl (C=O) groups excluding carboxylic acids is 1. The third kappa shape index (κ3) is 4.30. The Hall–Kier alpha value is -3.62. The summed E-state index contributed by atoms with van der Waals surface area (Å²) in [6.45, 7) is 7.96. The Morgan fingerprint density at radius 1 is 1.03 bits per heavy atom. The second kappa shape index (κ2) is 7.90. The minimum Gasteiger partial charge on any atom is -0.444 e. The zero-order valence-electron chi connectivity index (χ0n) is 17.8. The molecule has 1 aliphatic heterocycles. The quantitative estimate of drug-likeness (QED) is 0.467. The highest BCUT2D eigenvalue weighted by Gasteiger charge is 2.28. The number of non-ortho nitro benzene ring substituents is 1. The summed E-state index contributed by atoms with van der Waals surface area (Å²) in [7, 11) is 0. The maximum absolute atomic E-state index is 12.4. The number of carbonyl (C=O) groups is 1. The van der Waals surface area contributed by atoms with Crippen molar-refractivity contribution in [3.63, 3.8) is 0 Å². The molecule has 0 unspecified atom stereocenters. The van der Waals surface area contributed by atoms with Crippen molar-refractivity contribution in [3.05, 3.63) is 58.6 Å². The lowest BCUT2D eigenvalue weighted by molar-refractivity contribution is -0.384. The van der Waals surface area contributed by atoms with Gasteiger partial charge in [-0.2, -0.15) is 0 Å². The van der Waals surface area contributed by atoms with Gasteiger partial charge in [0.15, 0.2) is 5.82 Å². The van der Waals surface area contributed by atoms with E-state index in [4.69, 9.17) is 9.84 Å². The lowest BCUT2D eigenvalue weighted by atomic mass is 10.2. The van der Waals surface area contributed by atoms with Crippen LogP contribution in [0, 0.1) is 10.1 Å². The summed E-state index contributed by atoms with van der Waals surface area (Å²) in [5, 5.41) is 16.8. The number of ether oxygens (including phenoxy) is 1. The van der Waals surface area contributed by atoms with Gasteiger partial charge in [0, 0.05) is 43.7 Å². The number of aromatic nitrogens is 2. The number of hydrogen-bond donors (Lipinski definition) is 0. The SMILES string of the molecule is CC(C)(C)OC(=O)N1CCN(c2nn(-c3ccc([N+](=O)[O-])cc3)c3ccccc23)CC1. The molecule has 0 N–H and O–H groups in total. The smallest absolute Gasteiger partial charge is 0.410 e. The van der Waals surface area contributed by atoms with Crippen molar-refractivity contribution >= 4 is 28.5 Å². The van der Waals surface area contributed by atoms with Crippen LogP contribution in [0.5, 0.6) is 0 Å². The van der Waals surface area contributed by atoms with Gasteiger partial charge in [-0.25, -0.2) is 9.48 Å². The molecule has 1 saturated heterocycles. The third-order valence-electron chi connectivity index (χ3n) is 5.10. The van der Waals surface area contributed by atoms with Gasteiger partial charge in [0.1, 0.15) is 5.60 Å². The summed E-state index contributed by atoms with van der Waals surface area (Å²) in [4.78, 5) is 26.8. The Morgan fingerprint density at radius 2 is 1.68 bits per heavy atom. The molecule has 0 bridgehead atoms. The maximum atomic E-state index is 12.4. The molecule has 1 aliphatic rings. The van der Waals surface area contributed by atoms with Gasteiger partial charge in [0.2, 0.25) is 0 Å². The fraction of sp³-hybridized carbons (Fsp3) is 0.364. The lowest BCUT2D eigenvalue weighted by Gasteiger charge is -2.35. The van der Waals surface area contributed by atoms with E-state index in [1.54, 1.807) is 21.7 Å². The number of rotatable bonds is 3. The van der Waals surface area contributed by atoms with Crippen molar-refractivity contribution in [1.82, 2.24) is 14.7 Å². The average Bonchev–Trinajstić information content (AvgIpc) is 3.12. The van der Waals surface area contributed by atoms with Gasteiger partial charge in [0.25, 0.3) is 5.69 Å². The number of nitrogens with zero attached hydrogens (tertiary/aromatic N) is 5. The molecule has 9 heteroatoms. The second-order valence-electron chi connectivity index (χ2n) is 8.48. The van der Waals surface area contributed by atoms with Crippen molar-refractivity contribution in [3.8, 4) is 5.69 Å². The summed E-state index contributed by atoms with van der Waals surface area (Å²) in [5.41, 5.74) is 1.19. The maximum Gasteiger partial charge on any atom is 0.410 e. The summed E-state index contributed by atoms with van der Waals surface area (Å²) in [6, 6.07) is 14.2. The Kier molecular flexibility index (Phi) is 5.26. The van der Waals surface area contributed by atoms with Crippen LogP contribution in [-0.4, -0.2) is 57.5 Å². The minimum atomic E-state index is -0.520. The van der Waals surface area contributed by atoms with Gasteiger partial charge >= 0.3 is 6.09 Å². The summed E-state index contributed by atoms with van der Waals surface area (Å²) < 4.78 is 7.28. The van der Waals surface area contributed by atoms with Gasteiger partial charge in [-0.1, -0.05) is 12.1 Å². The predicted octanol–water partition coefficient (Wildman–Crippen LogP) is 3.99. The first-order valence-electron chi connectivity index (χ1n) is 10.2. The molecule has 9 nitrogen and oxygen atoms in total. The van der Waals surface area contributed by atoms with E-state index < -0.39 is 10.5 Å². The molecule has 0 saturated carbocycles. The molecule has 2 heterocycles. The Balaban J connectivity index is 1.58. The predicted molar refractivity (Wildman–Crippen MR) is 118 cm³/mol. The van der Waals surface area contributed by atoms with Crippen LogP contribution in [0.3, 0.4) is 0 Å².